The molecule has 0 fully saturated rings. The van der Waals surface area contributed by atoms with Crippen LogP contribution in [0.2, 0.25) is 5.02 Å². The Bertz CT molecular complexity index is 619. The summed E-state index contributed by atoms with van der Waals surface area (Å²) in [5.41, 5.74) is 5.16. The van der Waals surface area contributed by atoms with E-state index in [1.807, 2.05) is 18.2 Å². The molecule has 2 heteroatoms. The predicted octanol–water partition coefficient (Wildman–Crippen LogP) is 5.36. The first-order valence-corrected chi connectivity index (χ1v) is 8.17. The first-order chi connectivity index (χ1) is 10.3. The smallest absolute Gasteiger partial charge is 0.127 e. The summed E-state index contributed by atoms with van der Waals surface area (Å²) < 4.78 is 6.22. The van der Waals surface area contributed by atoms with Gasteiger partial charge in [-0.2, -0.15) is 0 Å². The molecule has 0 saturated heterocycles. The van der Waals surface area contributed by atoms with Gasteiger partial charge in [0.2, 0.25) is 0 Å². The Kier molecular flexibility index (Phi) is 4.50. The van der Waals surface area contributed by atoms with Crippen LogP contribution in [0, 0.1) is 0 Å². The van der Waals surface area contributed by atoms with Gasteiger partial charge >= 0.3 is 0 Å². The van der Waals surface area contributed by atoms with Gasteiger partial charge in [0.15, 0.2) is 0 Å². The lowest BCUT2D eigenvalue weighted by Crippen LogP contribution is -2.03. The highest BCUT2D eigenvalue weighted by Crippen LogP contribution is 2.39. The lowest BCUT2D eigenvalue weighted by atomic mass is 10.0. The molecule has 0 bridgehead atoms. The minimum Gasteiger partial charge on any atom is -0.488 e. The second-order valence-corrected chi connectivity index (χ2v) is 6.09. The SMILES string of the molecule is CCCc1c(Cl)cc2c(c1OCc1ccccc1)CCC2. The maximum Gasteiger partial charge on any atom is 0.127 e. The average molecular weight is 301 g/mol. The van der Waals surface area contributed by atoms with Gasteiger partial charge in [-0.05, 0) is 48.4 Å². The van der Waals surface area contributed by atoms with Gasteiger partial charge in [0.1, 0.15) is 12.4 Å². The largest absolute Gasteiger partial charge is 0.488 e. The number of fused-ring (bicyclic) bond motifs is 1. The lowest BCUT2D eigenvalue weighted by molar-refractivity contribution is 0.300. The van der Waals surface area contributed by atoms with Crippen molar-refractivity contribution in [3.05, 3.63) is 63.7 Å². The molecule has 1 aliphatic rings. The molecule has 21 heavy (non-hydrogen) atoms. The van der Waals surface area contributed by atoms with E-state index in [0.29, 0.717) is 6.61 Å². The van der Waals surface area contributed by atoms with Gasteiger partial charge < -0.3 is 4.74 Å². The minimum absolute atomic E-state index is 0.615. The Hall–Kier alpha value is -1.47. The molecular weight excluding hydrogens is 280 g/mol. The Morgan fingerprint density at radius 3 is 2.71 bits per heavy atom. The molecule has 0 aliphatic heterocycles. The molecule has 2 aromatic rings. The maximum atomic E-state index is 6.49. The van der Waals surface area contributed by atoms with Crippen LogP contribution >= 0.6 is 11.6 Å². The predicted molar refractivity (Wildman–Crippen MR) is 88.2 cm³/mol. The third-order valence-corrected chi connectivity index (χ3v) is 4.46. The Morgan fingerprint density at radius 1 is 1.14 bits per heavy atom. The van der Waals surface area contributed by atoms with Gasteiger partial charge in [0.25, 0.3) is 0 Å². The summed E-state index contributed by atoms with van der Waals surface area (Å²) in [5.74, 6) is 1.06. The highest BCUT2D eigenvalue weighted by atomic mass is 35.5. The van der Waals surface area contributed by atoms with Crippen LogP contribution in [-0.4, -0.2) is 0 Å². The number of ether oxygens (including phenoxy) is 1. The fourth-order valence-electron chi connectivity index (χ4n) is 3.10. The monoisotopic (exact) mass is 300 g/mol. The Labute approximate surface area is 131 Å². The van der Waals surface area contributed by atoms with Crippen LogP contribution in [0.5, 0.6) is 5.75 Å². The van der Waals surface area contributed by atoms with Crippen molar-refractivity contribution in [3.8, 4) is 5.75 Å². The summed E-state index contributed by atoms with van der Waals surface area (Å²) in [6, 6.07) is 12.5. The zero-order valence-corrected chi connectivity index (χ0v) is 13.2. The van der Waals surface area contributed by atoms with Crippen LogP contribution in [0.4, 0.5) is 0 Å². The van der Waals surface area contributed by atoms with Gasteiger partial charge in [-0.25, -0.2) is 0 Å². The van der Waals surface area contributed by atoms with E-state index in [2.05, 4.69) is 25.1 Å². The van der Waals surface area contributed by atoms with Crippen molar-refractivity contribution in [1.82, 2.24) is 0 Å². The first-order valence-electron chi connectivity index (χ1n) is 7.79. The molecule has 3 rings (SSSR count). The molecule has 0 heterocycles. The van der Waals surface area contributed by atoms with Crippen LogP contribution in [0.25, 0.3) is 0 Å². The average Bonchev–Trinajstić information content (AvgIpc) is 2.96. The lowest BCUT2D eigenvalue weighted by Gasteiger charge is -2.17. The van der Waals surface area contributed by atoms with Crippen molar-refractivity contribution >= 4 is 11.6 Å². The quantitative estimate of drug-likeness (QED) is 0.722. The Balaban J connectivity index is 1.92. The number of halogens is 1. The zero-order valence-electron chi connectivity index (χ0n) is 12.5. The molecule has 0 amide bonds. The third-order valence-electron chi connectivity index (χ3n) is 4.12. The van der Waals surface area contributed by atoms with E-state index in [0.717, 1.165) is 36.5 Å². The van der Waals surface area contributed by atoms with E-state index in [4.69, 9.17) is 16.3 Å². The fourth-order valence-corrected chi connectivity index (χ4v) is 3.42. The van der Waals surface area contributed by atoms with Gasteiger partial charge in [-0.3, -0.25) is 0 Å². The van der Waals surface area contributed by atoms with Crippen LogP contribution in [0.15, 0.2) is 36.4 Å². The van der Waals surface area contributed by atoms with E-state index in [9.17, 15) is 0 Å². The van der Waals surface area contributed by atoms with E-state index in [1.165, 1.54) is 28.7 Å². The standard InChI is InChI=1S/C19H21ClO/c1-2-7-17-18(20)12-15-10-6-11-16(15)19(17)21-13-14-8-4-3-5-9-14/h3-5,8-9,12H,2,6-7,10-11,13H2,1H3. The molecule has 2 aromatic carbocycles. The van der Waals surface area contributed by atoms with Crippen molar-refractivity contribution in [1.29, 1.82) is 0 Å². The normalized spacial score (nSPS) is 13.2. The second-order valence-electron chi connectivity index (χ2n) is 5.68. The summed E-state index contributed by atoms with van der Waals surface area (Å²) >= 11 is 6.49. The topological polar surface area (TPSA) is 9.23 Å². The van der Waals surface area contributed by atoms with Crippen molar-refractivity contribution in [2.75, 3.05) is 0 Å². The molecule has 0 spiro atoms. The highest BCUT2D eigenvalue weighted by Gasteiger charge is 2.21. The molecule has 0 N–H and O–H groups in total. The zero-order chi connectivity index (χ0) is 14.7. The van der Waals surface area contributed by atoms with Crippen molar-refractivity contribution in [2.45, 2.75) is 45.6 Å². The molecule has 0 unspecified atom stereocenters. The number of hydrogen-bond donors (Lipinski definition) is 0. The van der Waals surface area contributed by atoms with Gasteiger partial charge in [-0.1, -0.05) is 55.3 Å². The van der Waals surface area contributed by atoms with Gasteiger partial charge in [0, 0.05) is 10.6 Å². The van der Waals surface area contributed by atoms with E-state index < -0.39 is 0 Å². The van der Waals surface area contributed by atoms with Crippen LogP contribution in [0.1, 0.15) is 42.0 Å². The molecular formula is C19H21ClO. The second kappa shape index (κ2) is 6.53. The number of aryl methyl sites for hydroxylation is 1. The molecule has 0 radical (unpaired) electrons. The molecule has 0 aromatic heterocycles. The molecule has 1 nitrogen and oxygen atoms in total. The molecule has 1 aliphatic carbocycles. The van der Waals surface area contributed by atoms with Crippen molar-refractivity contribution < 1.29 is 4.74 Å². The van der Waals surface area contributed by atoms with Crippen molar-refractivity contribution in [3.63, 3.8) is 0 Å². The Morgan fingerprint density at radius 2 is 1.95 bits per heavy atom. The summed E-state index contributed by atoms with van der Waals surface area (Å²) in [7, 11) is 0. The number of benzene rings is 2. The summed E-state index contributed by atoms with van der Waals surface area (Å²) in [4.78, 5) is 0. The first kappa shape index (κ1) is 14.5. The van der Waals surface area contributed by atoms with Crippen molar-refractivity contribution in [2.24, 2.45) is 0 Å². The van der Waals surface area contributed by atoms with Gasteiger partial charge in [-0.15, -0.1) is 0 Å². The number of hydrogen-bond acceptors (Lipinski definition) is 1. The fraction of sp³-hybridized carbons (Fsp3) is 0.368. The van der Waals surface area contributed by atoms with E-state index >= 15 is 0 Å². The van der Waals surface area contributed by atoms with Gasteiger partial charge in [0.05, 0.1) is 0 Å². The summed E-state index contributed by atoms with van der Waals surface area (Å²) in [5, 5.41) is 0.876. The minimum atomic E-state index is 0.615. The molecule has 110 valence electrons. The third kappa shape index (κ3) is 3.08. The molecule has 0 saturated carbocycles. The summed E-state index contributed by atoms with van der Waals surface area (Å²) in [6.07, 6.45) is 5.52. The summed E-state index contributed by atoms with van der Waals surface area (Å²) in [6.45, 7) is 2.80. The van der Waals surface area contributed by atoms with E-state index in [1.54, 1.807) is 0 Å². The van der Waals surface area contributed by atoms with Crippen LogP contribution in [0.3, 0.4) is 0 Å². The van der Waals surface area contributed by atoms with E-state index in [-0.39, 0.29) is 0 Å². The maximum absolute atomic E-state index is 6.49. The van der Waals surface area contributed by atoms with Crippen LogP contribution in [-0.2, 0) is 25.9 Å². The number of rotatable bonds is 5. The van der Waals surface area contributed by atoms with Crippen LogP contribution < -0.4 is 4.74 Å². The molecule has 0 atom stereocenters. The highest BCUT2D eigenvalue weighted by molar-refractivity contribution is 6.31.